The number of aromatic nitrogens is 4. The maximum Gasteiger partial charge on any atom is 0.257 e. The first-order valence-corrected chi connectivity index (χ1v) is 10.4. The molecule has 0 radical (unpaired) electrons. The van der Waals surface area contributed by atoms with Gasteiger partial charge in [-0.2, -0.15) is 10.2 Å². The molecule has 0 bridgehead atoms. The number of rotatable bonds is 4. The number of aryl methyl sites for hydroxylation is 1. The standard InChI is InChI=1S/C22H21F4N5O/c1-11-19-13(20(30(2)29-19)12-7-15(23)18(25)16(24)8-12)3-6-31(11)21(32)14-10-27-28-17(14)9-22(26)4-5-22/h7-8,10-11H,3-6,9H2,1-2H3,(H,27,28)/t11-/m0/s1. The van der Waals surface area contributed by atoms with E-state index in [0.29, 0.717) is 48.5 Å². The maximum absolute atomic E-state index is 14.3. The van der Waals surface area contributed by atoms with E-state index >= 15 is 0 Å². The van der Waals surface area contributed by atoms with Crippen LogP contribution in [0.4, 0.5) is 17.6 Å². The van der Waals surface area contributed by atoms with Crippen molar-refractivity contribution in [1.82, 2.24) is 24.9 Å². The largest absolute Gasteiger partial charge is 0.330 e. The second-order valence-electron chi connectivity index (χ2n) is 8.60. The molecular weight excluding hydrogens is 426 g/mol. The number of H-pyrrole nitrogens is 1. The highest BCUT2D eigenvalue weighted by molar-refractivity contribution is 5.95. The van der Waals surface area contributed by atoms with Crippen LogP contribution in [0.5, 0.6) is 0 Å². The van der Waals surface area contributed by atoms with Crippen molar-refractivity contribution in [3.63, 3.8) is 0 Å². The number of hydrogen-bond donors (Lipinski definition) is 1. The Labute approximate surface area is 181 Å². The van der Waals surface area contributed by atoms with Gasteiger partial charge in [0.2, 0.25) is 0 Å². The summed E-state index contributed by atoms with van der Waals surface area (Å²) in [5.74, 6) is -4.34. The lowest BCUT2D eigenvalue weighted by molar-refractivity contribution is 0.0672. The first-order valence-electron chi connectivity index (χ1n) is 10.4. The molecule has 1 aliphatic carbocycles. The first-order chi connectivity index (χ1) is 15.2. The molecule has 0 spiro atoms. The Morgan fingerprint density at radius 1 is 1.25 bits per heavy atom. The molecule has 1 amide bonds. The van der Waals surface area contributed by atoms with Gasteiger partial charge in [-0.05, 0) is 38.3 Å². The number of hydrogen-bond acceptors (Lipinski definition) is 3. The van der Waals surface area contributed by atoms with Crippen molar-refractivity contribution in [3.05, 3.63) is 58.3 Å². The number of aromatic amines is 1. The van der Waals surface area contributed by atoms with Crippen molar-refractivity contribution in [2.24, 2.45) is 7.05 Å². The van der Waals surface area contributed by atoms with E-state index in [1.807, 2.05) is 6.92 Å². The van der Waals surface area contributed by atoms with Gasteiger partial charge < -0.3 is 4.90 Å². The molecule has 5 rings (SSSR count). The Morgan fingerprint density at radius 2 is 1.94 bits per heavy atom. The van der Waals surface area contributed by atoms with E-state index in [2.05, 4.69) is 15.3 Å². The molecule has 168 valence electrons. The minimum absolute atomic E-state index is 0.122. The van der Waals surface area contributed by atoms with Gasteiger partial charge in [-0.3, -0.25) is 14.6 Å². The lowest BCUT2D eigenvalue weighted by Crippen LogP contribution is -2.39. The number of amides is 1. The fraction of sp³-hybridized carbons (Fsp3) is 0.409. The average Bonchev–Trinajstić information content (AvgIpc) is 3.14. The second-order valence-corrected chi connectivity index (χ2v) is 8.60. The maximum atomic E-state index is 14.3. The van der Waals surface area contributed by atoms with Crippen LogP contribution in [-0.2, 0) is 19.9 Å². The van der Waals surface area contributed by atoms with Crippen molar-refractivity contribution in [1.29, 1.82) is 0 Å². The summed E-state index contributed by atoms with van der Waals surface area (Å²) in [6.45, 7) is 2.15. The molecule has 3 aromatic rings. The molecule has 32 heavy (non-hydrogen) atoms. The summed E-state index contributed by atoms with van der Waals surface area (Å²) in [4.78, 5) is 14.9. The smallest absolute Gasteiger partial charge is 0.257 e. The monoisotopic (exact) mass is 447 g/mol. The van der Waals surface area contributed by atoms with E-state index in [1.54, 1.807) is 11.9 Å². The number of fused-ring (bicyclic) bond motifs is 1. The van der Waals surface area contributed by atoms with Crippen LogP contribution in [0, 0.1) is 17.5 Å². The summed E-state index contributed by atoms with van der Waals surface area (Å²) in [7, 11) is 1.64. The third-order valence-electron chi connectivity index (χ3n) is 6.40. The van der Waals surface area contributed by atoms with Gasteiger partial charge in [-0.15, -0.1) is 0 Å². The summed E-state index contributed by atoms with van der Waals surface area (Å²) in [6, 6.07) is 1.46. The zero-order valence-corrected chi connectivity index (χ0v) is 17.6. The van der Waals surface area contributed by atoms with Crippen LogP contribution in [0.15, 0.2) is 18.3 Å². The summed E-state index contributed by atoms with van der Waals surface area (Å²) in [6.07, 6.45) is 2.89. The topological polar surface area (TPSA) is 66.8 Å². The third-order valence-corrected chi connectivity index (χ3v) is 6.40. The van der Waals surface area contributed by atoms with E-state index in [9.17, 15) is 22.4 Å². The summed E-state index contributed by atoms with van der Waals surface area (Å²) >= 11 is 0. The van der Waals surface area contributed by atoms with E-state index < -0.39 is 29.2 Å². The van der Waals surface area contributed by atoms with Gasteiger partial charge in [-0.25, -0.2) is 17.6 Å². The molecule has 1 fully saturated rings. The second kappa shape index (κ2) is 7.18. The van der Waals surface area contributed by atoms with Crippen LogP contribution in [0.1, 0.15) is 53.1 Å². The van der Waals surface area contributed by atoms with Crippen LogP contribution < -0.4 is 0 Å². The quantitative estimate of drug-likeness (QED) is 0.485. The van der Waals surface area contributed by atoms with Gasteiger partial charge in [0, 0.05) is 31.1 Å². The number of nitrogens with zero attached hydrogens (tertiary/aromatic N) is 4. The predicted molar refractivity (Wildman–Crippen MR) is 107 cm³/mol. The zero-order valence-electron chi connectivity index (χ0n) is 17.6. The third kappa shape index (κ3) is 3.28. The fourth-order valence-corrected chi connectivity index (χ4v) is 4.49. The van der Waals surface area contributed by atoms with Crippen molar-refractivity contribution < 1.29 is 22.4 Å². The normalized spacial score (nSPS) is 19.2. The number of halogens is 4. The molecule has 6 nitrogen and oxygen atoms in total. The Morgan fingerprint density at radius 3 is 2.59 bits per heavy atom. The fourth-order valence-electron chi connectivity index (χ4n) is 4.49. The molecule has 1 saturated carbocycles. The van der Waals surface area contributed by atoms with E-state index in [4.69, 9.17) is 0 Å². The number of carbonyl (C=O) groups is 1. The first kappa shape index (κ1) is 20.7. The minimum atomic E-state index is -1.52. The molecule has 0 saturated heterocycles. The van der Waals surface area contributed by atoms with Crippen molar-refractivity contribution in [2.75, 3.05) is 6.54 Å². The van der Waals surface area contributed by atoms with Gasteiger partial charge in [-0.1, -0.05) is 0 Å². The van der Waals surface area contributed by atoms with Gasteiger partial charge in [0.15, 0.2) is 17.5 Å². The van der Waals surface area contributed by atoms with Crippen molar-refractivity contribution in [2.45, 2.75) is 44.3 Å². The highest BCUT2D eigenvalue weighted by Gasteiger charge is 2.44. The number of benzene rings is 1. The molecule has 2 aromatic heterocycles. The summed E-state index contributed by atoms with van der Waals surface area (Å²) in [5, 5.41) is 11.2. The molecular formula is C22H21F4N5O. The van der Waals surface area contributed by atoms with Gasteiger partial charge in [0.25, 0.3) is 5.91 Å². The summed E-state index contributed by atoms with van der Waals surface area (Å²) < 4.78 is 56.8. The van der Waals surface area contributed by atoms with E-state index in [1.165, 1.54) is 10.9 Å². The molecule has 1 aliphatic heterocycles. The molecule has 3 heterocycles. The molecule has 2 aliphatic rings. The minimum Gasteiger partial charge on any atom is -0.330 e. The Bertz CT molecular complexity index is 1210. The van der Waals surface area contributed by atoms with Gasteiger partial charge in [0.05, 0.1) is 34.9 Å². The average molecular weight is 447 g/mol. The lowest BCUT2D eigenvalue weighted by Gasteiger charge is -2.33. The van der Waals surface area contributed by atoms with Crippen molar-refractivity contribution in [3.8, 4) is 11.3 Å². The van der Waals surface area contributed by atoms with Crippen LogP contribution in [0.25, 0.3) is 11.3 Å². The molecule has 0 unspecified atom stereocenters. The Hall–Kier alpha value is -3.17. The Kier molecular flexibility index (Phi) is 4.65. The highest BCUT2D eigenvalue weighted by atomic mass is 19.2. The van der Waals surface area contributed by atoms with Crippen molar-refractivity contribution >= 4 is 5.91 Å². The van der Waals surface area contributed by atoms with Crippen LogP contribution in [-0.4, -0.2) is 43.0 Å². The van der Waals surface area contributed by atoms with Gasteiger partial charge in [0.1, 0.15) is 5.67 Å². The van der Waals surface area contributed by atoms with Crippen LogP contribution >= 0.6 is 0 Å². The van der Waals surface area contributed by atoms with E-state index in [-0.39, 0.29) is 17.9 Å². The molecule has 1 N–H and O–H groups in total. The van der Waals surface area contributed by atoms with Crippen LogP contribution in [0.3, 0.4) is 0 Å². The van der Waals surface area contributed by atoms with Crippen LogP contribution in [0.2, 0.25) is 0 Å². The zero-order chi connectivity index (χ0) is 22.8. The molecule has 1 aromatic carbocycles. The lowest BCUT2D eigenvalue weighted by atomic mass is 9.94. The van der Waals surface area contributed by atoms with Gasteiger partial charge >= 0.3 is 0 Å². The predicted octanol–water partition coefficient (Wildman–Crippen LogP) is 4.03. The van der Waals surface area contributed by atoms with E-state index in [0.717, 1.165) is 17.7 Å². The molecule has 10 heteroatoms. The Balaban J connectivity index is 1.46. The number of alkyl halides is 1. The highest BCUT2D eigenvalue weighted by Crippen LogP contribution is 2.43. The number of carbonyl (C=O) groups excluding carboxylic acids is 1. The molecule has 1 atom stereocenters. The summed E-state index contributed by atoms with van der Waals surface area (Å²) in [5.41, 5.74) is 1.56. The SMILES string of the molecule is C[C@H]1c2nn(C)c(-c3cc(F)c(F)c(F)c3)c2CCN1C(=O)c1cn[nH]c1CC1(F)CC1. The number of nitrogens with one attached hydrogen (secondary N) is 1.